The fourth-order valence-electron chi connectivity index (χ4n) is 1.02. The van der Waals surface area contributed by atoms with E-state index in [1.54, 1.807) is 0 Å². The van der Waals surface area contributed by atoms with E-state index in [0.717, 1.165) is 0 Å². The summed E-state index contributed by atoms with van der Waals surface area (Å²) in [5.41, 5.74) is 0. The van der Waals surface area contributed by atoms with Gasteiger partial charge in [-0.2, -0.15) is 9.97 Å². The number of rotatable bonds is 6. The van der Waals surface area contributed by atoms with E-state index in [1.807, 2.05) is 13.8 Å². The first kappa shape index (κ1) is 13.8. The van der Waals surface area contributed by atoms with Crippen LogP contribution in [-0.4, -0.2) is 41.1 Å². The van der Waals surface area contributed by atoms with Crippen LogP contribution in [0.15, 0.2) is 0 Å². The maximum atomic E-state index is 6.12. The first-order chi connectivity index (χ1) is 8.06. The van der Waals surface area contributed by atoms with Crippen LogP contribution in [-0.2, 0) is 0 Å². The Morgan fingerprint density at radius 1 is 1.12 bits per heavy atom. The molecule has 0 radical (unpaired) electrons. The highest BCUT2D eigenvalue weighted by Crippen LogP contribution is 2.14. The van der Waals surface area contributed by atoms with Crippen LogP contribution in [0.1, 0.15) is 13.8 Å². The minimum Gasteiger partial charge on any atom is -0.467 e. The maximum absolute atomic E-state index is 6.12. The van der Waals surface area contributed by atoms with Gasteiger partial charge in [0.2, 0.25) is 5.95 Å². The zero-order valence-electron chi connectivity index (χ0n) is 10.4. The summed E-state index contributed by atoms with van der Waals surface area (Å²) < 4.78 is 9.87. The standard InChI is InChI=1S/C10H17ClN4O2/c1-6(2)7(11)5-12-8-13-9(16-3)15-10(14-8)17-4/h6-7H,5H2,1-4H3,(H,12,13,14,15). The van der Waals surface area contributed by atoms with Gasteiger partial charge in [0.05, 0.1) is 19.6 Å². The zero-order chi connectivity index (χ0) is 12.8. The quantitative estimate of drug-likeness (QED) is 0.783. The summed E-state index contributed by atoms with van der Waals surface area (Å²) in [6, 6.07) is 0.407. The predicted octanol–water partition coefficient (Wildman–Crippen LogP) is 1.56. The van der Waals surface area contributed by atoms with Crippen LogP contribution in [0.3, 0.4) is 0 Å². The highest BCUT2D eigenvalue weighted by molar-refractivity contribution is 6.21. The Balaban J connectivity index is 2.70. The normalized spacial score (nSPS) is 12.4. The van der Waals surface area contributed by atoms with Gasteiger partial charge in [0, 0.05) is 6.54 Å². The third-order valence-electron chi connectivity index (χ3n) is 2.14. The van der Waals surface area contributed by atoms with Crippen molar-refractivity contribution in [2.75, 3.05) is 26.1 Å². The summed E-state index contributed by atoms with van der Waals surface area (Å²) in [6.07, 6.45) is 0. The van der Waals surface area contributed by atoms with E-state index in [9.17, 15) is 0 Å². The van der Waals surface area contributed by atoms with Gasteiger partial charge in [-0.05, 0) is 5.92 Å². The van der Waals surface area contributed by atoms with E-state index in [-0.39, 0.29) is 17.4 Å². The second-order valence-electron chi connectivity index (χ2n) is 3.77. The average Bonchev–Trinajstić information content (AvgIpc) is 2.35. The summed E-state index contributed by atoms with van der Waals surface area (Å²) in [6.45, 7) is 4.66. The van der Waals surface area contributed by atoms with Crippen molar-refractivity contribution in [3.8, 4) is 12.0 Å². The molecule has 17 heavy (non-hydrogen) atoms. The van der Waals surface area contributed by atoms with Crippen LogP contribution in [0.5, 0.6) is 12.0 Å². The molecular weight excluding hydrogens is 244 g/mol. The van der Waals surface area contributed by atoms with Crippen LogP contribution in [0, 0.1) is 5.92 Å². The molecular formula is C10H17ClN4O2. The SMILES string of the molecule is COc1nc(NCC(Cl)C(C)C)nc(OC)n1. The molecule has 0 saturated heterocycles. The number of nitrogens with zero attached hydrogens (tertiary/aromatic N) is 3. The third-order valence-corrected chi connectivity index (χ3v) is 2.80. The van der Waals surface area contributed by atoms with Crippen molar-refractivity contribution in [3.05, 3.63) is 0 Å². The second kappa shape index (κ2) is 6.44. The Bertz CT molecular complexity index is 340. The van der Waals surface area contributed by atoms with Gasteiger partial charge in [-0.3, -0.25) is 0 Å². The molecule has 0 aromatic carbocycles. The minimum atomic E-state index is 0.00348. The molecule has 96 valence electrons. The molecule has 1 atom stereocenters. The van der Waals surface area contributed by atoms with E-state index in [2.05, 4.69) is 20.3 Å². The topological polar surface area (TPSA) is 69.2 Å². The zero-order valence-corrected chi connectivity index (χ0v) is 11.2. The van der Waals surface area contributed by atoms with Crippen molar-refractivity contribution in [2.45, 2.75) is 19.2 Å². The van der Waals surface area contributed by atoms with Crippen LogP contribution in [0.25, 0.3) is 0 Å². The molecule has 1 rings (SSSR count). The summed E-state index contributed by atoms with van der Waals surface area (Å²) in [5.74, 6) is 0.759. The molecule has 0 bridgehead atoms. The average molecular weight is 261 g/mol. The Labute approximate surface area is 106 Å². The lowest BCUT2D eigenvalue weighted by atomic mass is 10.1. The third kappa shape index (κ3) is 4.22. The number of hydrogen-bond acceptors (Lipinski definition) is 6. The van der Waals surface area contributed by atoms with Gasteiger partial charge in [0.25, 0.3) is 0 Å². The van der Waals surface area contributed by atoms with Crippen molar-refractivity contribution in [3.63, 3.8) is 0 Å². The van der Waals surface area contributed by atoms with Crippen LogP contribution < -0.4 is 14.8 Å². The second-order valence-corrected chi connectivity index (χ2v) is 4.33. The number of methoxy groups -OCH3 is 2. The first-order valence-electron chi connectivity index (χ1n) is 5.28. The molecule has 1 unspecified atom stereocenters. The van der Waals surface area contributed by atoms with E-state index >= 15 is 0 Å². The monoisotopic (exact) mass is 260 g/mol. The highest BCUT2D eigenvalue weighted by Gasteiger charge is 2.11. The Morgan fingerprint density at radius 3 is 2.06 bits per heavy atom. The van der Waals surface area contributed by atoms with Crippen LogP contribution >= 0.6 is 11.6 Å². The molecule has 7 heteroatoms. The van der Waals surface area contributed by atoms with Gasteiger partial charge in [-0.1, -0.05) is 13.8 Å². The molecule has 0 spiro atoms. The molecule has 1 N–H and O–H groups in total. The number of ether oxygens (including phenoxy) is 2. The van der Waals surface area contributed by atoms with Crippen LogP contribution in [0.2, 0.25) is 0 Å². The van der Waals surface area contributed by atoms with Gasteiger partial charge < -0.3 is 14.8 Å². The van der Waals surface area contributed by atoms with Crippen LogP contribution in [0.4, 0.5) is 5.95 Å². The van der Waals surface area contributed by atoms with E-state index in [1.165, 1.54) is 14.2 Å². The molecule has 0 amide bonds. The Morgan fingerprint density at radius 2 is 1.65 bits per heavy atom. The molecule has 0 aliphatic rings. The summed E-state index contributed by atoms with van der Waals surface area (Å²) >= 11 is 6.12. The van der Waals surface area contributed by atoms with Gasteiger partial charge >= 0.3 is 12.0 Å². The molecule has 6 nitrogen and oxygen atoms in total. The number of nitrogens with one attached hydrogen (secondary N) is 1. The van der Waals surface area contributed by atoms with Gasteiger partial charge in [0.1, 0.15) is 0 Å². The highest BCUT2D eigenvalue weighted by atomic mass is 35.5. The van der Waals surface area contributed by atoms with Crippen molar-refractivity contribution in [1.82, 2.24) is 15.0 Å². The predicted molar refractivity (Wildman–Crippen MR) is 65.9 cm³/mol. The summed E-state index contributed by atoms with van der Waals surface area (Å²) in [7, 11) is 2.97. The van der Waals surface area contributed by atoms with Crippen molar-refractivity contribution >= 4 is 17.5 Å². The molecule has 0 saturated carbocycles. The van der Waals surface area contributed by atoms with Gasteiger partial charge in [-0.15, -0.1) is 16.6 Å². The summed E-state index contributed by atoms with van der Waals surface area (Å²) in [5, 5.41) is 3.02. The maximum Gasteiger partial charge on any atom is 0.324 e. The lowest BCUT2D eigenvalue weighted by Gasteiger charge is -2.14. The molecule has 1 aromatic heterocycles. The van der Waals surface area contributed by atoms with Gasteiger partial charge in [-0.25, -0.2) is 0 Å². The fourth-order valence-corrected chi connectivity index (χ4v) is 1.10. The lowest BCUT2D eigenvalue weighted by Crippen LogP contribution is -2.21. The molecule has 0 fully saturated rings. The Hall–Kier alpha value is -1.30. The van der Waals surface area contributed by atoms with Gasteiger partial charge in [0.15, 0.2) is 0 Å². The molecule has 0 aliphatic carbocycles. The number of anilines is 1. The van der Waals surface area contributed by atoms with E-state index in [0.29, 0.717) is 18.4 Å². The molecule has 0 aliphatic heterocycles. The van der Waals surface area contributed by atoms with E-state index < -0.39 is 0 Å². The number of alkyl halides is 1. The smallest absolute Gasteiger partial charge is 0.324 e. The summed E-state index contributed by atoms with van der Waals surface area (Å²) in [4.78, 5) is 12.0. The molecule has 1 aromatic rings. The number of aromatic nitrogens is 3. The van der Waals surface area contributed by atoms with Crippen molar-refractivity contribution < 1.29 is 9.47 Å². The fraction of sp³-hybridized carbons (Fsp3) is 0.700. The minimum absolute atomic E-state index is 0.00348. The molecule has 1 heterocycles. The van der Waals surface area contributed by atoms with E-state index in [4.69, 9.17) is 21.1 Å². The van der Waals surface area contributed by atoms with Crippen molar-refractivity contribution in [1.29, 1.82) is 0 Å². The first-order valence-corrected chi connectivity index (χ1v) is 5.72. The van der Waals surface area contributed by atoms with Crippen molar-refractivity contribution in [2.24, 2.45) is 5.92 Å². The lowest BCUT2D eigenvalue weighted by molar-refractivity contribution is 0.341. The number of hydrogen-bond donors (Lipinski definition) is 1. The number of halogens is 1. The largest absolute Gasteiger partial charge is 0.467 e. The Kier molecular flexibility index (Phi) is 5.21.